The van der Waals surface area contributed by atoms with Gasteiger partial charge in [0.1, 0.15) is 0 Å². The second-order valence-electron chi connectivity index (χ2n) is 12.1. The van der Waals surface area contributed by atoms with Gasteiger partial charge in [-0.25, -0.2) is 4.98 Å². The molecule has 3 aliphatic carbocycles. The van der Waals surface area contributed by atoms with Gasteiger partial charge in [0.2, 0.25) is 5.91 Å². The molecule has 3 aliphatic rings. The Morgan fingerprint density at radius 1 is 0.870 bits per heavy atom. The summed E-state index contributed by atoms with van der Waals surface area (Å²) < 4.78 is 10.7. The van der Waals surface area contributed by atoms with Gasteiger partial charge < -0.3 is 20.1 Å². The molecule has 0 fully saturated rings. The van der Waals surface area contributed by atoms with Crippen LogP contribution in [0, 0.1) is 5.41 Å². The highest BCUT2D eigenvalue weighted by atomic mass is 32.1. The van der Waals surface area contributed by atoms with Crippen molar-refractivity contribution in [1.82, 2.24) is 10.3 Å². The summed E-state index contributed by atoms with van der Waals surface area (Å²) in [6, 6.07) is 30.2. The number of carbonyl (C=O) groups is 2. The lowest BCUT2D eigenvalue weighted by atomic mass is 9.52. The van der Waals surface area contributed by atoms with Crippen molar-refractivity contribution in [3.8, 4) is 22.8 Å². The van der Waals surface area contributed by atoms with E-state index in [2.05, 4.69) is 66.1 Å². The molecule has 8 heteroatoms. The summed E-state index contributed by atoms with van der Waals surface area (Å²) in [7, 11) is 3.21. The molecule has 0 radical (unpaired) electrons. The number of benzene rings is 4. The first-order valence-electron chi connectivity index (χ1n) is 15.4. The third kappa shape index (κ3) is 5.22. The molecule has 2 amide bonds. The van der Waals surface area contributed by atoms with E-state index in [1.54, 1.807) is 20.3 Å². The SMILES string of the molecule is COc1ccc(CCNC(=O)c2cccc(-c3csc(NC(=O)C4(C)CC5c6ccccc6C4c4ccccc45)n3)c2)cc1OC. The minimum Gasteiger partial charge on any atom is -0.493 e. The maximum atomic E-state index is 14.0. The third-order valence-electron chi connectivity index (χ3n) is 9.44. The predicted molar refractivity (Wildman–Crippen MR) is 181 cm³/mol. The minimum absolute atomic E-state index is 0.0185. The summed E-state index contributed by atoms with van der Waals surface area (Å²) in [6.45, 7) is 2.56. The monoisotopic (exact) mass is 629 g/mol. The molecule has 46 heavy (non-hydrogen) atoms. The normalized spacial score (nSPS) is 19.1. The van der Waals surface area contributed by atoms with Gasteiger partial charge >= 0.3 is 0 Å². The molecule has 4 aromatic carbocycles. The summed E-state index contributed by atoms with van der Waals surface area (Å²) in [5, 5.41) is 8.63. The van der Waals surface area contributed by atoms with Gasteiger partial charge in [-0.1, -0.05) is 66.7 Å². The number of amides is 2. The highest BCUT2D eigenvalue weighted by molar-refractivity contribution is 7.14. The van der Waals surface area contributed by atoms with Gasteiger partial charge in [0, 0.05) is 34.9 Å². The number of methoxy groups -OCH3 is 2. The largest absolute Gasteiger partial charge is 0.493 e. The molecular weight excluding hydrogens is 595 g/mol. The Labute approximate surface area is 272 Å². The molecule has 0 saturated heterocycles. The van der Waals surface area contributed by atoms with Crippen LogP contribution in [-0.4, -0.2) is 37.6 Å². The molecule has 2 N–H and O–H groups in total. The van der Waals surface area contributed by atoms with Crippen LogP contribution >= 0.6 is 11.3 Å². The van der Waals surface area contributed by atoms with Crippen LogP contribution in [-0.2, 0) is 11.2 Å². The standard InChI is InChI=1S/C38H35N3O4S/c1-38(21-30-26-11-4-6-13-28(26)34(38)29-14-7-5-12-27(29)30)36(43)41-37-40-31(22-46-37)24-9-8-10-25(20-24)35(42)39-18-17-23-15-16-32(44-2)33(19-23)45-3/h4-16,19-20,22,30,34H,17-18,21H2,1-3H3,(H,39,42)(H,40,41,43). The number of aromatic nitrogens is 1. The Balaban J connectivity index is 1.03. The lowest BCUT2D eigenvalue weighted by molar-refractivity contribution is -0.126. The van der Waals surface area contributed by atoms with E-state index in [0.29, 0.717) is 40.9 Å². The van der Waals surface area contributed by atoms with Crippen LogP contribution < -0.4 is 20.1 Å². The van der Waals surface area contributed by atoms with E-state index < -0.39 is 5.41 Å². The van der Waals surface area contributed by atoms with Crippen LogP contribution in [0.2, 0.25) is 0 Å². The fourth-order valence-electron chi connectivity index (χ4n) is 7.17. The summed E-state index contributed by atoms with van der Waals surface area (Å²) >= 11 is 1.40. The van der Waals surface area contributed by atoms with E-state index in [4.69, 9.17) is 14.5 Å². The molecule has 0 saturated carbocycles. The highest BCUT2D eigenvalue weighted by Gasteiger charge is 2.54. The van der Waals surface area contributed by atoms with Crippen molar-refractivity contribution in [3.05, 3.63) is 130 Å². The predicted octanol–water partition coefficient (Wildman–Crippen LogP) is 7.43. The average Bonchev–Trinajstić information content (AvgIpc) is 3.56. The third-order valence-corrected chi connectivity index (χ3v) is 10.2. The summed E-state index contributed by atoms with van der Waals surface area (Å²) in [5.74, 6) is 1.32. The Hall–Kier alpha value is -4.95. The number of hydrogen-bond donors (Lipinski definition) is 2. The van der Waals surface area contributed by atoms with Crippen LogP contribution in [0.25, 0.3) is 11.3 Å². The first-order chi connectivity index (χ1) is 22.4. The average molecular weight is 630 g/mol. The van der Waals surface area contributed by atoms with Crippen LogP contribution in [0.5, 0.6) is 11.5 Å². The first kappa shape index (κ1) is 29.7. The number of nitrogens with zero attached hydrogens (tertiary/aromatic N) is 1. The second kappa shape index (κ2) is 12.1. The molecule has 5 aromatic rings. The van der Waals surface area contributed by atoms with Gasteiger partial charge in [0.15, 0.2) is 16.6 Å². The van der Waals surface area contributed by atoms with Crippen molar-refractivity contribution in [2.24, 2.45) is 5.41 Å². The molecule has 1 atom stereocenters. The van der Waals surface area contributed by atoms with Gasteiger partial charge in [-0.15, -0.1) is 11.3 Å². The quantitative estimate of drug-likeness (QED) is 0.177. The molecule has 1 aromatic heterocycles. The number of fused-ring (bicyclic) bond motifs is 1. The van der Waals surface area contributed by atoms with Crippen molar-refractivity contribution in [2.75, 3.05) is 26.1 Å². The molecule has 0 aliphatic heterocycles. The molecule has 1 unspecified atom stereocenters. The minimum atomic E-state index is -0.617. The molecule has 232 valence electrons. The van der Waals surface area contributed by atoms with E-state index in [1.165, 1.54) is 33.6 Å². The first-order valence-corrected chi connectivity index (χ1v) is 16.3. The van der Waals surface area contributed by atoms with Gasteiger partial charge in [0.25, 0.3) is 5.91 Å². The smallest absolute Gasteiger partial charge is 0.251 e. The van der Waals surface area contributed by atoms with E-state index in [9.17, 15) is 9.59 Å². The molecule has 1 heterocycles. The highest BCUT2D eigenvalue weighted by Crippen LogP contribution is 2.61. The molecule has 7 nitrogen and oxygen atoms in total. The maximum Gasteiger partial charge on any atom is 0.251 e. The van der Waals surface area contributed by atoms with Crippen LogP contribution in [0.4, 0.5) is 5.13 Å². The van der Waals surface area contributed by atoms with Crippen molar-refractivity contribution in [1.29, 1.82) is 0 Å². The lowest BCUT2D eigenvalue weighted by Gasteiger charge is -2.50. The Morgan fingerprint density at radius 3 is 2.26 bits per heavy atom. The zero-order chi connectivity index (χ0) is 31.8. The number of nitrogens with one attached hydrogen (secondary N) is 2. The number of rotatable bonds is 9. The summed E-state index contributed by atoms with van der Waals surface area (Å²) in [4.78, 5) is 31.8. The maximum absolute atomic E-state index is 14.0. The fraction of sp³-hybridized carbons (Fsp3) is 0.237. The van der Waals surface area contributed by atoms with Crippen molar-refractivity contribution >= 4 is 28.3 Å². The van der Waals surface area contributed by atoms with Crippen LogP contribution in [0.1, 0.15) is 63.4 Å². The number of ether oxygens (including phenoxy) is 2. The van der Waals surface area contributed by atoms with Gasteiger partial charge in [-0.3, -0.25) is 9.59 Å². The van der Waals surface area contributed by atoms with E-state index in [0.717, 1.165) is 17.5 Å². The summed E-state index contributed by atoms with van der Waals surface area (Å²) in [6.07, 6.45) is 1.40. The lowest BCUT2D eigenvalue weighted by Crippen LogP contribution is -2.47. The van der Waals surface area contributed by atoms with Crippen LogP contribution in [0.15, 0.2) is 96.4 Å². The Bertz CT molecular complexity index is 1900. The van der Waals surface area contributed by atoms with E-state index in [-0.39, 0.29) is 23.7 Å². The number of carbonyl (C=O) groups excluding carboxylic acids is 2. The van der Waals surface area contributed by atoms with Crippen molar-refractivity contribution in [3.63, 3.8) is 0 Å². The van der Waals surface area contributed by atoms with Crippen molar-refractivity contribution < 1.29 is 19.1 Å². The van der Waals surface area contributed by atoms with Gasteiger partial charge in [-0.05, 0) is 71.8 Å². The van der Waals surface area contributed by atoms with E-state index in [1.807, 2.05) is 41.8 Å². The zero-order valence-electron chi connectivity index (χ0n) is 26.0. The van der Waals surface area contributed by atoms with Crippen LogP contribution in [0.3, 0.4) is 0 Å². The Morgan fingerprint density at radius 2 is 1.57 bits per heavy atom. The molecule has 0 spiro atoms. The second-order valence-corrected chi connectivity index (χ2v) is 13.0. The number of hydrogen-bond acceptors (Lipinski definition) is 6. The molecule has 2 bridgehead atoms. The van der Waals surface area contributed by atoms with E-state index >= 15 is 0 Å². The van der Waals surface area contributed by atoms with Gasteiger partial charge in [0.05, 0.1) is 25.3 Å². The zero-order valence-corrected chi connectivity index (χ0v) is 26.8. The summed E-state index contributed by atoms with van der Waals surface area (Å²) in [5.41, 5.74) is 7.65. The molecule has 8 rings (SSSR count). The topological polar surface area (TPSA) is 89.6 Å². The number of anilines is 1. The Kier molecular flexibility index (Phi) is 7.82. The fourth-order valence-corrected chi connectivity index (χ4v) is 7.89. The van der Waals surface area contributed by atoms with Gasteiger partial charge in [-0.2, -0.15) is 0 Å². The molecular formula is C38H35N3O4S. The van der Waals surface area contributed by atoms with Crippen molar-refractivity contribution in [2.45, 2.75) is 31.6 Å². The number of thiazole rings is 1.